The quantitative estimate of drug-likeness (QED) is 0.777. The molecular weight excluding hydrogens is 322 g/mol. The van der Waals surface area contributed by atoms with Gasteiger partial charge in [0.1, 0.15) is 0 Å². The van der Waals surface area contributed by atoms with Crippen LogP contribution in [-0.2, 0) is 17.8 Å². The SMILES string of the molecule is O=C(Cc1ccc(Cl)cc1)NCc1nnc(-c2cccs2)o1. The molecule has 2 heterocycles. The molecule has 112 valence electrons. The zero-order valence-electron chi connectivity index (χ0n) is 11.5. The molecule has 0 aliphatic carbocycles. The highest BCUT2D eigenvalue weighted by atomic mass is 35.5. The van der Waals surface area contributed by atoms with E-state index in [-0.39, 0.29) is 18.9 Å². The van der Waals surface area contributed by atoms with Crippen molar-refractivity contribution in [3.05, 3.63) is 58.3 Å². The van der Waals surface area contributed by atoms with Crippen LogP contribution in [0.4, 0.5) is 0 Å². The van der Waals surface area contributed by atoms with Crippen molar-refractivity contribution in [2.24, 2.45) is 0 Å². The second-order valence-corrected chi connectivity index (χ2v) is 5.94. The predicted octanol–water partition coefficient (Wildman–Crippen LogP) is 3.31. The molecule has 2 aromatic heterocycles. The van der Waals surface area contributed by atoms with Crippen molar-refractivity contribution in [1.29, 1.82) is 0 Å². The van der Waals surface area contributed by atoms with Crippen molar-refractivity contribution in [2.75, 3.05) is 0 Å². The summed E-state index contributed by atoms with van der Waals surface area (Å²) >= 11 is 7.33. The van der Waals surface area contributed by atoms with Crippen molar-refractivity contribution in [2.45, 2.75) is 13.0 Å². The van der Waals surface area contributed by atoms with Crippen LogP contribution in [-0.4, -0.2) is 16.1 Å². The minimum absolute atomic E-state index is 0.113. The van der Waals surface area contributed by atoms with Gasteiger partial charge in [0.2, 0.25) is 11.8 Å². The number of benzene rings is 1. The average Bonchev–Trinajstić information content (AvgIpc) is 3.18. The van der Waals surface area contributed by atoms with Gasteiger partial charge < -0.3 is 9.73 Å². The molecule has 7 heteroatoms. The Labute approximate surface area is 135 Å². The minimum atomic E-state index is -0.113. The van der Waals surface area contributed by atoms with E-state index in [0.717, 1.165) is 10.4 Å². The van der Waals surface area contributed by atoms with Crippen molar-refractivity contribution in [3.8, 4) is 10.8 Å². The number of amides is 1. The molecule has 0 saturated heterocycles. The van der Waals surface area contributed by atoms with Crippen LogP contribution in [0.15, 0.2) is 46.2 Å². The molecule has 5 nitrogen and oxygen atoms in total. The number of rotatable bonds is 5. The summed E-state index contributed by atoms with van der Waals surface area (Å²) in [6.07, 6.45) is 0.281. The lowest BCUT2D eigenvalue weighted by Crippen LogP contribution is -2.24. The summed E-state index contributed by atoms with van der Waals surface area (Å²) in [5.41, 5.74) is 0.895. The highest BCUT2D eigenvalue weighted by Crippen LogP contribution is 2.22. The summed E-state index contributed by atoms with van der Waals surface area (Å²) in [5, 5.41) is 13.2. The van der Waals surface area contributed by atoms with Crippen LogP contribution in [0.25, 0.3) is 10.8 Å². The number of nitrogens with zero attached hydrogens (tertiary/aromatic N) is 2. The van der Waals surface area contributed by atoms with E-state index in [9.17, 15) is 4.79 Å². The Balaban J connectivity index is 1.54. The fourth-order valence-electron chi connectivity index (χ4n) is 1.85. The summed E-state index contributed by atoms with van der Waals surface area (Å²) in [4.78, 5) is 12.8. The van der Waals surface area contributed by atoms with Gasteiger partial charge in [-0.2, -0.15) is 0 Å². The number of carbonyl (C=O) groups is 1. The van der Waals surface area contributed by atoms with E-state index in [2.05, 4.69) is 15.5 Å². The van der Waals surface area contributed by atoms with Gasteiger partial charge >= 0.3 is 0 Å². The summed E-state index contributed by atoms with van der Waals surface area (Å²) in [6, 6.07) is 11.0. The Morgan fingerprint density at radius 1 is 1.23 bits per heavy atom. The van der Waals surface area contributed by atoms with Crippen LogP contribution in [0, 0.1) is 0 Å². The maximum atomic E-state index is 11.9. The van der Waals surface area contributed by atoms with Gasteiger partial charge in [-0.1, -0.05) is 29.8 Å². The van der Waals surface area contributed by atoms with Gasteiger partial charge in [0.25, 0.3) is 5.89 Å². The number of thiophene rings is 1. The number of nitrogens with one attached hydrogen (secondary N) is 1. The third kappa shape index (κ3) is 3.72. The lowest BCUT2D eigenvalue weighted by atomic mass is 10.1. The monoisotopic (exact) mass is 333 g/mol. The first kappa shape index (κ1) is 14.7. The molecule has 0 atom stereocenters. The second-order valence-electron chi connectivity index (χ2n) is 4.56. The Morgan fingerprint density at radius 2 is 2.05 bits per heavy atom. The molecule has 0 unspecified atom stereocenters. The molecule has 3 rings (SSSR count). The lowest BCUT2D eigenvalue weighted by Gasteiger charge is -2.02. The number of carbonyl (C=O) groups excluding carboxylic acids is 1. The molecule has 0 aliphatic rings. The van der Waals surface area contributed by atoms with Crippen LogP contribution in [0.2, 0.25) is 5.02 Å². The maximum Gasteiger partial charge on any atom is 0.257 e. The Morgan fingerprint density at radius 3 is 2.77 bits per heavy atom. The second kappa shape index (κ2) is 6.72. The van der Waals surface area contributed by atoms with E-state index in [1.807, 2.05) is 29.6 Å². The third-order valence-electron chi connectivity index (χ3n) is 2.91. The number of hydrogen-bond donors (Lipinski definition) is 1. The number of hydrogen-bond acceptors (Lipinski definition) is 5. The topological polar surface area (TPSA) is 68.0 Å². The molecule has 3 aromatic rings. The molecule has 22 heavy (non-hydrogen) atoms. The molecule has 0 fully saturated rings. The van der Waals surface area contributed by atoms with E-state index in [1.165, 1.54) is 11.3 Å². The molecule has 1 N–H and O–H groups in total. The van der Waals surface area contributed by atoms with Crippen molar-refractivity contribution >= 4 is 28.8 Å². The fourth-order valence-corrected chi connectivity index (χ4v) is 2.62. The van der Waals surface area contributed by atoms with E-state index in [0.29, 0.717) is 16.8 Å². The lowest BCUT2D eigenvalue weighted by molar-refractivity contribution is -0.120. The van der Waals surface area contributed by atoms with Crippen LogP contribution < -0.4 is 5.32 Å². The van der Waals surface area contributed by atoms with Crippen LogP contribution >= 0.6 is 22.9 Å². The maximum absolute atomic E-state index is 11.9. The van der Waals surface area contributed by atoms with Gasteiger partial charge in [-0.05, 0) is 29.1 Å². The molecule has 0 radical (unpaired) electrons. The van der Waals surface area contributed by atoms with Gasteiger partial charge in [0, 0.05) is 5.02 Å². The highest BCUT2D eigenvalue weighted by Gasteiger charge is 2.10. The summed E-state index contributed by atoms with van der Waals surface area (Å²) in [6.45, 7) is 0.213. The Bertz CT molecular complexity index is 753. The van der Waals surface area contributed by atoms with E-state index >= 15 is 0 Å². The van der Waals surface area contributed by atoms with E-state index < -0.39 is 0 Å². The molecule has 0 saturated carbocycles. The van der Waals surface area contributed by atoms with Crippen molar-refractivity contribution in [3.63, 3.8) is 0 Å². The normalized spacial score (nSPS) is 10.6. The number of aromatic nitrogens is 2. The molecular formula is C15H12ClN3O2S. The van der Waals surface area contributed by atoms with Crippen molar-refractivity contribution in [1.82, 2.24) is 15.5 Å². The standard InChI is InChI=1S/C15H12ClN3O2S/c16-11-5-3-10(4-6-11)8-13(20)17-9-14-18-19-15(21-14)12-2-1-7-22-12/h1-7H,8-9H2,(H,17,20). The Hall–Kier alpha value is -2.18. The summed E-state index contributed by atoms with van der Waals surface area (Å²) < 4.78 is 5.50. The van der Waals surface area contributed by atoms with Crippen LogP contribution in [0.3, 0.4) is 0 Å². The van der Waals surface area contributed by atoms with Gasteiger partial charge in [-0.3, -0.25) is 4.79 Å². The first-order valence-corrected chi connectivity index (χ1v) is 7.84. The zero-order chi connectivity index (χ0) is 15.4. The molecule has 0 spiro atoms. The molecule has 0 aliphatic heterocycles. The molecule has 1 amide bonds. The van der Waals surface area contributed by atoms with Gasteiger partial charge in [0.05, 0.1) is 17.8 Å². The summed E-state index contributed by atoms with van der Waals surface area (Å²) in [5.74, 6) is 0.739. The van der Waals surface area contributed by atoms with Gasteiger partial charge in [0.15, 0.2) is 0 Å². The van der Waals surface area contributed by atoms with Gasteiger partial charge in [-0.25, -0.2) is 0 Å². The van der Waals surface area contributed by atoms with E-state index in [1.54, 1.807) is 12.1 Å². The van der Waals surface area contributed by atoms with Crippen LogP contribution in [0.5, 0.6) is 0 Å². The number of halogens is 1. The average molecular weight is 334 g/mol. The first-order valence-electron chi connectivity index (χ1n) is 6.58. The third-order valence-corrected chi connectivity index (χ3v) is 4.02. The van der Waals surface area contributed by atoms with Crippen LogP contribution in [0.1, 0.15) is 11.5 Å². The molecule has 0 bridgehead atoms. The minimum Gasteiger partial charge on any atom is -0.418 e. The Kier molecular flexibility index (Phi) is 4.50. The fraction of sp³-hybridized carbons (Fsp3) is 0.133. The summed E-state index contributed by atoms with van der Waals surface area (Å²) in [7, 11) is 0. The zero-order valence-corrected chi connectivity index (χ0v) is 13.0. The van der Waals surface area contributed by atoms with Gasteiger partial charge in [-0.15, -0.1) is 21.5 Å². The highest BCUT2D eigenvalue weighted by molar-refractivity contribution is 7.13. The predicted molar refractivity (Wildman–Crippen MR) is 84.6 cm³/mol. The largest absolute Gasteiger partial charge is 0.418 e. The first-order chi connectivity index (χ1) is 10.7. The van der Waals surface area contributed by atoms with Crippen molar-refractivity contribution < 1.29 is 9.21 Å². The molecule has 1 aromatic carbocycles. The van der Waals surface area contributed by atoms with E-state index in [4.69, 9.17) is 16.0 Å². The smallest absolute Gasteiger partial charge is 0.257 e.